The molecule has 3 heteroatoms. The van der Waals surface area contributed by atoms with Crippen LogP contribution in [0.2, 0.25) is 0 Å². The normalized spacial score (nSPS) is 12.9. The van der Waals surface area contributed by atoms with E-state index in [-0.39, 0.29) is 5.38 Å². The second-order valence-corrected chi connectivity index (χ2v) is 6.07. The smallest absolute Gasteiger partial charge is 0.129 e. The number of alkyl halides is 1. The first-order valence-corrected chi connectivity index (χ1v) is 7.24. The van der Waals surface area contributed by atoms with Crippen molar-refractivity contribution in [3.8, 4) is 0 Å². The van der Waals surface area contributed by atoms with Gasteiger partial charge in [0.1, 0.15) is 5.82 Å². The lowest BCUT2D eigenvalue weighted by Crippen LogP contribution is -2.17. The Labute approximate surface area is 120 Å². The van der Waals surface area contributed by atoms with Crippen molar-refractivity contribution >= 4 is 28.3 Å². The Bertz CT molecular complexity index is 551. The summed E-state index contributed by atoms with van der Waals surface area (Å²) in [6.07, 6.45) is 1.02. The molecular weight excluding hydrogens is 256 g/mol. The Morgan fingerprint density at radius 1 is 1.26 bits per heavy atom. The number of rotatable bonds is 5. The van der Waals surface area contributed by atoms with Crippen LogP contribution in [0.5, 0.6) is 0 Å². The van der Waals surface area contributed by atoms with Crippen molar-refractivity contribution in [3.63, 3.8) is 0 Å². The van der Waals surface area contributed by atoms with Crippen LogP contribution in [0.4, 0.5) is 5.82 Å². The van der Waals surface area contributed by atoms with Crippen LogP contribution in [0.15, 0.2) is 30.3 Å². The monoisotopic (exact) mass is 276 g/mol. The first kappa shape index (κ1) is 14.1. The lowest BCUT2D eigenvalue weighted by molar-refractivity contribution is 0.572. The Morgan fingerprint density at radius 3 is 2.74 bits per heavy atom. The highest BCUT2D eigenvalue weighted by atomic mass is 35.5. The minimum absolute atomic E-state index is 0.146. The standard InChI is InChI=1S/C16H21ClN2/c1-11(2)8-14(17)10-18-16-12(3)9-13-6-4-5-7-15(13)19-16/h4-7,9,11,14H,8,10H2,1-3H3,(H,18,19). The van der Waals surface area contributed by atoms with Crippen molar-refractivity contribution in [1.29, 1.82) is 0 Å². The van der Waals surface area contributed by atoms with E-state index in [2.05, 4.69) is 43.2 Å². The highest BCUT2D eigenvalue weighted by Crippen LogP contribution is 2.20. The van der Waals surface area contributed by atoms with Crippen LogP contribution in [-0.2, 0) is 0 Å². The Hall–Kier alpha value is -1.28. The molecule has 0 saturated heterocycles. The van der Waals surface area contributed by atoms with Crippen molar-refractivity contribution in [3.05, 3.63) is 35.9 Å². The van der Waals surface area contributed by atoms with Crippen LogP contribution in [0.3, 0.4) is 0 Å². The summed E-state index contributed by atoms with van der Waals surface area (Å²) in [4.78, 5) is 4.66. The van der Waals surface area contributed by atoms with Crippen molar-refractivity contribution in [1.82, 2.24) is 4.98 Å². The van der Waals surface area contributed by atoms with E-state index >= 15 is 0 Å². The summed E-state index contributed by atoms with van der Waals surface area (Å²) in [6.45, 7) is 7.21. The van der Waals surface area contributed by atoms with E-state index in [1.807, 2.05) is 18.2 Å². The zero-order chi connectivity index (χ0) is 13.8. The van der Waals surface area contributed by atoms with Gasteiger partial charge in [-0.3, -0.25) is 0 Å². The van der Waals surface area contributed by atoms with E-state index in [9.17, 15) is 0 Å². The van der Waals surface area contributed by atoms with E-state index < -0.39 is 0 Å². The van der Waals surface area contributed by atoms with Gasteiger partial charge in [0, 0.05) is 11.9 Å². The number of pyridine rings is 1. The summed E-state index contributed by atoms with van der Waals surface area (Å²) in [5.41, 5.74) is 2.18. The minimum Gasteiger partial charge on any atom is -0.368 e. The van der Waals surface area contributed by atoms with Crippen molar-refractivity contribution in [2.75, 3.05) is 11.9 Å². The Kier molecular flexibility index (Phi) is 4.65. The number of fused-ring (bicyclic) bond motifs is 1. The number of benzene rings is 1. The molecule has 2 rings (SSSR count). The summed E-state index contributed by atoms with van der Waals surface area (Å²) in [5.74, 6) is 1.56. The van der Waals surface area contributed by atoms with Crippen LogP contribution >= 0.6 is 11.6 Å². The van der Waals surface area contributed by atoms with Gasteiger partial charge in [0.25, 0.3) is 0 Å². The maximum absolute atomic E-state index is 6.31. The third-order valence-electron chi connectivity index (χ3n) is 3.13. The average molecular weight is 277 g/mol. The summed E-state index contributed by atoms with van der Waals surface area (Å²) in [7, 11) is 0. The van der Waals surface area contributed by atoms with E-state index in [1.165, 1.54) is 5.39 Å². The molecule has 102 valence electrons. The number of aromatic nitrogens is 1. The van der Waals surface area contributed by atoms with Crippen LogP contribution < -0.4 is 5.32 Å². The number of para-hydroxylation sites is 1. The summed E-state index contributed by atoms with van der Waals surface area (Å²) in [6, 6.07) is 10.3. The van der Waals surface area contributed by atoms with Crippen molar-refractivity contribution < 1.29 is 0 Å². The molecule has 2 aromatic rings. The highest BCUT2D eigenvalue weighted by Gasteiger charge is 2.09. The molecule has 1 N–H and O–H groups in total. The molecular formula is C16H21ClN2. The molecule has 1 aromatic carbocycles. The van der Waals surface area contributed by atoms with Gasteiger partial charge in [-0.05, 0) is 37.0 Å². The third-order valence-corrected chi connectivity index (χ3v) is 3.47. The molecule has 0 amide bonds. The maximum Gasteiger partial charge on any atom is 0.129 e. The molecule has 0 aliphatic rings. The van der Waals surface area contributed by atoms with Crippen LogP contribution in [0, 0.1) is 12.8 Å². The molecule has 0 aliphatic heterocycles. The zero-order valence-corrected chi connectivity index (χ0v) is 12.5. The molecule has 0 saturated carbocycles. The predicted molar refractivity (Wildman–Crippen MR) is 84.1 cm³/mol. The molecule has 1 heterocycles. The van der Waals surface area contributed by atoms with Gasteiger partial charge in [0.05, 0.1) is 10.9 Å². The first-order chi connectivity index (χ1) is 9.06. The summed E-state index contributed by atoms with van der Waals surface area (Å²) >= 11 is 6.31. The van der Waals surface area contributed by atoms with E-state index in [4.69, 9.17) is 11.6 Å². The number of halogens is 1. The molecule has 19 heavy (non-hydrogen) atoms. The van der Waals surface area contributed by atoms with Gasteiger partial charge in [-0.15, -0.1) is 11.6 Å². The summed E-state index contributed by atoms with van der Waals surface area (Å²) in [5, 5.41) is 4.69. The number of aryl methyl sites for hydroxylation is 1. The number of nitrogens with one attached hydrogen (secondary N) is 1. The molecule has 0 aliphatic carbocycles. The van der Waals surface area contributed by atoms with Crippen LogP contribution in [-0.4, -0.2) is 16.9 Å². The third kappa shape index (κ3) is 3.84. The predicted octanol–water partition coefficient (Wildman–Crippen LogP) is 4.61. The fourth-order valence-corrected chi connectivity index (χ4v) is 2.64. The van der Waals surface area contributed by atoms with Gasteiger partial charge in [-0.25, -0.2) is 4.98 Å². The molecule has 0 radical (unpaired) electrons. The van der Waals surface area contributed by atoms with E-state index in [0.717, 1.165) is 29.9 Å². The lowest BCUT2D eigenvalue weighted by atomic mass is 10.1. The van der Waals surface area contributed by atoms with Crippen LogP contribution in [0.1, 0.15) is 25.8 Å². The largest absolute Gasteiger partial charge is 0.368 e. The van der Waals surface area contributed by atoms with Gasteiger partial charge in [-0.2, -0.15) is 0 Å². The zero-order valence-electron chi connectivity index (χ0n) is 11.8. The van der Waals surface area contributed by atoms with Crippen molar-refractivity contribution in [2.45, 2.75) is 32.6 Å². The van der Waals surface area contributed by atoms with Crippen LogP contribution in [0.25, 0.3) is 10.9 Å². The first-order valence-electron chi connectivity index (χ1n) is 6.80. The van der Waals surface area contributed by atoms with E-state index in [0.29, 0.717) is 5.92 Å². The fraction of sp³-hybridized carbons (Fsp3) is 0.438. The Balaban J connectivity index is 2.10. The molecule has 0 spiro atoms. The van der Waals surface area contributed by atoms with Gasteiger partial charge in [0.15, 0.2) is 0 Å². The molecule has 0 bridgehead atoms. The molecule has 1 atom stereocenters. The Morgan fingerprint density at radius 2 is 2.00 bits per heavy atom. The average Bonchev–Trinajstić information content (AvgIpc) is 2.35. The fourth-order valence-electron chi connectivity index (χ4n) is 2.20. The second kappa shape index (κ2) is 6.25. The molecule has 2 nitrogen and oxygen atoms in total. The number of nitrogens with zero attached hydrogens (tertiary/aromatic N) is 1. The molecule has 1 aromatic heterocycles. The molecule has 1 unspecified atom stereocenters. The molecule has 0 fully saturated rings. The van der Waals surface area contributed by atoms with Gasteiger partial charge >= 0.3 is 0 Å². The topological polar surface area (TPSA) is 24.9 Å². The van der Waals surface area contributed by atoms with Gasteiger partial charge in [0.2, 0.25) is 0 Å². The SMILES string of the molecule is Cc1cc2ccccc2nc1NCC(Cl)CC(C)C. The van der Waals surface area contributed by atoms with Crippen molar-refractivity contribution in [2.24, 2.45) is 5.92 Å². The van der Waals surface area contributed by atoms with Gasteiger partial charge < -0.3 is 5.32 Å². The minimum atomic E-state index is 0.146. The van der Waals surface area contributed by atoms with E-state index in [1.54, 1.807) is 0 Å². The van der Waals surface area contributed by atoms with Gasteiger partial charge in [-0.1, -0.05) is 32.0 Å². The summed E-state index contributed by atoms with van der Waals surface area (Å²) < 4.78 is 0. The quantitative estimate of drug-likeness (QED) is 0.807. The number of anilines is 1. The number of hydrogen-bond donors (Lipinski definition) is 1. The number of hydrogen-bond acceptors (Lipinski definition) is 2. The second-order valence-electron chi connectivity index (χ2n) is 5.45. The highest BCUT2D eigenvalue weighted by molar-refractivity contribution is 6.20. The lowest BCUT2D eigenvalue weighted by Gasteiger charge is -2.15. The maximum atomic E-state index is 6.31.